The number of rotatable bonds is 5. The predicted molar refractivity (Wildman–Crippen MR) is 101 cm³/mol. The Morgan fingerprint density at radius 3 is 2.43 bits per heavy atom. The fourth-order valence-electron chi connectivity index (χ4n) is 3.80. The van der Waals surface area contributed by atoms with Gasteiger partial charge in [-0.15, -0.1) is 0 Å². The lowest BCUT2D eigenvalue weighted by Crippen LogP contribution is -2.37. The molecule has 2 aromatic carbocycles. The lowest BCUT2D eigenvalue weighted by Gasteiger charge is -2.40. The molecule has 3 nitrogen and oxygen atoms in total. The summed E-state index contributed by atoms with van der Waals surface area (Å²) in [5, 5.41) is 9.77. The van der Waals surface area contributed by atoms with Gasteiger partial charge in [-0.2, -0.15) is 13.2 Å². The highest BCUT2D eigenvalue weighted by molar-refractivity contribution is 6.31. The van der Waals surface area contributed by atoms with Crippen LogP contribution >= 0.6 is 11.6 Å². The van der Waals surface area contributed by atoms with Gasteiger partial charge in [0.25, 0.3) is 0 Å². The second-order valence-corrected chi connectivity index (χ2v) is 7.59. The number of likely N-dealkylation sites (tertiary alicyclic amines) is 1. The molecule has 2 atom stereocenters. The molecule has 0 saturated carbocycles. The van der Waals surface area contributed by atoms with Crippen molar-refractivity contribution in [2.24, 2.45) is 5.92 Å². The number of hydrogen-bond donors (Lipinski definition) is 1. The summed E-state index contributed by atoms with van der Waals surface area (Å²) in [6.07, 6.45) is -3.00. The van der Waals surface area contributed by atoms with Gasteiger partial charge in [0.1, 0.15) is 0 Å². The summed E-state index contributed by atoms with van der Waals surface area (Å²) in [7, 11) is 0. The first kappa shape index (κ1) is 20.7. The number of carboxylic acid groups (broad SMARTS) is 1. The van der Waals surface area contributed by atoms with E-state index in [0.29, 0.717) is 24.5 Å². The molecule has 1 fully saturated rings. The van der Waals surface area contributed by atoms with Crippen LogP contribution in [-0.2, 0) is 17.5 Å². The number of nitrogens with zero attached hydrogens (tertiary/aromatic N) is 1. The fraction of sp³-hybridized carbons (Fsp3) is 0.381. The molecule has 150 valence electrons. The van der Waals surface area contributed by atoms with Crippen molar-refractivity contribution in [2.75, 3.05) is 6.54 Å². The summed E-state index contributed by atoms with van der Waals surface area (Å²) in [4.78, 5) is 13.3. The minimum atomic E-state index is -4.38. The average Bonchev–Trinajstić information content (AvgIpc) is 2.64. The maximum absolute atomic E-state index is 12.9. The topological polar surface area (TPSA) is 40.5 Å². The Bertz CT molecular complexity index is 823. The smallest absolute Gasteiger partial charge is 0.416 e. The highest BCUT2D eigenvalue weighted by atomic mass is 35.5. The molecule has 1 saturated heterocycles. The number of carboxylic acids is 1. The van der Waals surface area contributed by atoms with E-state index in [1.807, 2.05) is 18.2 Å². The van der Waals surface area contributed by atoms with Gasteiger partial charge in [0.15, 0.2) is 0 Å². The molecule has 28 heavy (non-hydrogen) atoms. The van der Waals surface area contributed by atoms with E-state index in [-0.39, 0.29) is 18.4 Å². The summed E-state index contributed by atoms with van der Waals surface area (Å²) < 4.78 is 38.7. The van der Waals surface area contributed by atoms with Gasteiger partial charge in [0.2, 0.25) is 0 Å². The van der Waals surface area contributed by atoms with Gasteiger partial charge >= 0.3 is 12.1 Å². The maximum atomic E-state index is 12.9. The van der Waals surface area contributed by atoms with E-state index in [1.54, 1.807) is 6.07 Å². The summed E-state index contributed by atoms with van der Waals surface area (Å²) in [6, 6.07) is 12.5. The molecule has 0 radical (unpaired) electrons. The van der Waals surface area contributed by atoms with Gasteiger partial charge in [0.05, 0.1) is 5.56 Å². The molecule has 1 aliphatic heterocycles. The molecule has 0 aliphatic carbocycles. The molecule has 2 unspecified atom stereocenters. The third kappa shape index (κ3) is 5.06. The molecular weight excluding hydrogens is 391 g/mol. The second kappa shape index (κ2) is 8.53. The predicted octanol–water partition coefficient (Wildman–Crippen LogP) is 5.79. The van der Waals surface area contributed by atoms with E-state index in [9.17, 15) is 18.0 Å². The lowest BCUT2D eigenvalue weighted by atomic mass is 9.84. The third-order valence-electron chi connectivity index (χ3n) is 5.24. The van der Waals surface area contributed by atoms with E-state index in [2.05, 4.69) is 4.90 Å². The first-order chi connectivity index (χ1) is 13.2. The van der Waals surface area contributed by atoms with Crippen molar-refractivity contribution in [3.8, 4) is 0 Å². The highest BCUT2D eigenvalue weighted by Crippen LogP contribution is 2.38. The van der Waals surface area contributed by atoms with Gasteiger partial charge in [-0.05, 0) is 54.6 Å². The fourth-order valence-corrected chi connectivity index (χ4v) is 3.99. The SMILES string of the molecule is O=C(O)CC1CCN(Cc2ccccc2Cl)C(c2ccc(C(F)(F)F)cc2)C1. The minimum absolute atomic E-state index is 0.00714. The zero-order valence-electron chi connectivity index (χ0n) is 15.1. The van der Waals surface area contributed by atoms with E-state index < -0.39 is 17.7 Å². The Hall–Kier alpha value is -2.05. The van der Waals surface area contributed by atoms with Crippen LogP contribution in [0.4, 0.5) is 13.2 Å². The number of alkyl halides is 3. The average molecular weight is 412 g/mol. The molecule has 7 heteroatoms. The first-order valence-corrected chi connectivity index (χ1v) is 9.48. The largest absolute Gasteiger partial charge is 0.481 e. The van der Waals surface area contributed by atoms with Gasteiger partial charge in [-0.25, -0.2) is 0 Å². The molecule has 0 aromatic heterocycles. The van der Waals surface area contributed by atoms with Crippen molar-refractivity contribution in [1.29, 1.82) is 0 Å². The van der Waals surface area contributed by atoms with Crippen LogP contribution in [0, 0.1) is 5.92 Å². The standard InChI is InChI=1S/C21H21ClF3NO2/c22-18-4-2-1-3-16(18)13-26-10-9-14(12-20(27)28)11-19(26)15-5-7-17(8-6-15)21(23,24)25/h1-8,14,19H,9-13H2,(H,27,28). The van der Waals surface area contributed by atoms with Gasteiger partial charge in [-0.3, -0.25) is 9.69 Å². The Labute approximate surface area is 166 Å². The quantitative estimate of drug-likeness (QED) is 0.677. The molecule has 1 N–H and O–H groups in total. The van der Waals surface area contributed by atoms with Crippen molar-refractivity contribution >= 4 is 17.6 Å². The summed E-state index contributed by atoms with van der Waals surface area (Å²) in [5.41, 5.74) is 1.01. The lowest BCUT2D eigenvalue weighted by molar-refractivity contribution is -0.139. The Kier molecular flexibility index (Phi) is 6.30. The number of carbonyl (C=O) groups is 1. The zero-order chi connectivity index (χ0) is 20.3. The molecule has 3 rings (SSSR count). The monoisotopic (exact) mass is 411 g/mol. The molecule has 0 spiro atoms. The Morgan fingerprint density at radius 2 is 1.82 bits per heavy atom. The molecule has 0 bridgehead atoms. The van der Waals surface area contributed by atoms with Crippen LogP contribution in [0.5, 0.6) is 0 Å². The normalized spacial score (nSPS) is 20.9. The van der Waals surface area contributed by atoms with Crippen LogP contribution in [0.25, 0.3) is 0 Å². The van der Waals surface area contributed by atoms with E-state index in [4.69, 9.17) is 16.7 Å². The molecule has 0 amide bonds. The van der Waals surface area contributed by atoms with Gasteiger partial charge < -0.3 is 5.11 Å². The number of piperidine rings is 1. The van der Waals surface area contributed by atoms with Crippen LogP contribution in [0.15, 0.2) is 48.5 Å². The van der Waals surface area contributed by atoms with Crippen molar-refractivity contribution in [2.45, 2.75) is 38.0 Å². The van der Waals surface area contributed by atoms with E-state index >= 15 is 0 Å². The van der Waals surface area contributed by atoms with Gasteiger partial charge in [0, 0.05) is 24.0 Å². The van der Waals surface area contributed by atoms with Gasteiger partial charge in [-0.1, -0.05) is 41.9 Å². The number of hydrogen-bond acceptors (Lipinski definition) is 2. The van der Waals surface area contributed by atoms with Crippen LogP contribution in [0.1, 0.15) is 42.0 Å². The van der Waals surface area contributed by atoms with E-state index in [1.165, 1.54) is 12.1 Å². The second-order valence-electron chi connectivity index (χ2n) is 7.19. The summed E-state index contributed by atoms with van der Waals surface area (Å²) in [6.45, 7) is 1.22. The summed E-state index contributed by atoms with van der Waals surface area (Å²) >= 11 is 6.28. The molecule has 2 aromatic rings. The van der Waals surface area contributed by atoms with Crippen LogP contribution in [0.3, 0.4) is 0 Å². The Morgan fingerprint density at radius 1 is 1.14 bits per heavy atom. The number of aliphatic carboxylic acids is 1. The molecule has 1 heterocycles. The van der Waals surface area contributed by atoms with Crippen molar-refractivity contribution in [3.05, 3.63) is 70.2 Å². The maximum Gasteiger partial charge on any atom is 0.416 e. The zero-order valence-corrected chi connectivity index (χ0v) is 15.9. The van der Waals surface area contributed by atoms with E-state index in [0.717, 1.165) is 29.7 Å². The Balaban J connectivity index is 1.85. The van der Waals surface area contributed by atoms with Crippen LogP contribution < -0.4 is 0 Å². The van der Waals surface area contributed by atoms with Crippen LogP contribution in [0.2, 0.25) is 5.02 Å². The van der Waals surface area contributed by atoms with Crippen molar-refractivity contribution in [1.82, 2.24) is 4.90 Å². The van der Waals surface area contributed by atoms with Crippen molar-refractivity contribution in [3.63, 3.8) is 0 Å². The van der Waals surface area contributed by atoms with Crippen LogP contribution in [-0.4, -0.2) is 22.5 Å². The minimum Gasteiger partial charge on any atom is -0.481 e. The number of benzene rings is 2. The highest BCUT2D eigenvalue weighted by Gasteiger charge is 2.33. The first-order valence-electron chi connectivity index (χ1n) is 9.10. The molecular formula is C21H21ClF3NO2. The van der Waals surface area contributed by atoms with Crippen molar-refractivity contribution < 1.29 is 23.1 Å². The number of halogens is 4. The third-order valence-corrected chi connectivity index (χ3v) is 5.61. The molecule has 1 aliphatic rings. The summed E-state index contributed by atoms with van der Waals surface area (Å²) in [5.74, 6) is -0.858.